The standard InChI is InChI=1S/C14H20ClN3.HI/c1-16-14(18-10-12-5-6-12)17-8-7-11-3-2-4-13(15)9-11;/h2-4,9,12H,5-8,10H2,1H3,(H2,16,17,18);1H. The monoisotopic (exact) mass is 393 g/mol. The summed E-state index contributed by atoms with van der Waals surface area (Å²) in [5, 5.41) is 7.45. The van der Waals surface area contributed by atoms with Gasteiger partial charge in [0.25, 0.3) is 0 Å². The second-order valence-electron chi connectivity index (χ2n) is 4.70. The average molecular weight is 394 g/mol. The van der Waals surface area contributed by atoms with Crippen LogP contribution >= 0.6 is 35.6 Å². The van der Waals surface area contributed by atoms with Crippen LogP contribution in [0.25, 0.3) is 0 Å². The molecule has 0 aromatic heterocycles. The van der Waals surface area contributed by atoms with E-state index in [2.05, 4.69) is 21.7 Å². The molecule has 0 radical (unpaired) electrons. The highest BCUT2D eigenvalue weighted by molar-refractivity contribution is 14.0. The number of benzene rings is 1. The Kier molecular flexibility index (Phi) is 7.53. The van der Waals surface area contributed by atoms with Crippen molar-refractivity contribution in [3.05, 3.63) is 34.9 Å². The zero-order valence-corrected chi connectivity index (χ0v) is 14.2. The van der Waals surface area contributed by atoms with Crippen LogP contribution in [-0.4, -0.2) is 26.1 Å². The number of nitrogens with one attached hydrogen (secondary N) is 2. The summed E-state index contributed by atoms with van der Waals surface area (Å²) in [6.07, 6.45) is 3.66. The third kappa shape index (κ3) is 6.47. The number of aliphatic imine (C=N–C) groups is 1. The molecule has 0 atom stereocenters. The topological polar surface area (TPSA) is 36.4 Å². The Hall–Kier alpha value is -0.490. The van der Waals surface area contributed by atoms with Gasteiger partial charge in [0.1, 0.15) is 0 Å². The maximum absolute atomic E-state index is 5.95. The molecule has 5 heteroatoms. The van der Waals surface area contributed by atoms with E-state index in [-0.39, 0.29) is 24.0 Å². The smallest absolute Gasteiger partial charge is 0.190 e. The predicted molar refractivity (Wildman–Crippen MR) is 92.7 cm³/mol. The summed E-state index contributed by atoms with van der Waals surface area (Å²) in [6.45, 7) is 1.90. The zero-order valence-electron chi connectivity index (χ0n) is 11.2. The van der Waals surface area contributed by atoms with Crippen LogP contribution < -0.4 is 10.6 Å². The molecular weight excluding hydrogens is 373 g/mol. The van der Waals surface area contributed by atoms with Gasteiger partial charge in [0, 0.05) is 25.2 Å². The molecule has 0 bridgehead atoms. The average Bonchev–Trinajstić information content (AvgIpc) is 3.17. The Morgan fingerprint density at radius 3 is 2.79 bits per heavy atom. The molecule has 1 aliphatic rings. The Morgan fingerprint density at radius 2 is 2.16 bits per heavy atom. The summed E-state index contributed by atoms with van der Waals surface area (Å²) in [5.74, 6) is 1.75. The van der Waals surface area contributed by atoms with Crippen LogP contribution in [-0.2, 0) is 6.42 Å². The van der Waals surface area contributed by atoms with Crippen molar-refractivity contribution in [3.63, 3.8) is 0 Å². The third-order valence-corrected chi connectivity index (χ3v) is 3.31. The lowest BCUT2D eigenvalue weighted by Gasteiger charge is -2.11. The lowest BCUT2D eigenvalue weighted by molar-refractivity contribution is 0.734. The van der Waals surface area contributed by atoms with Crippen molar-refractivity contribution in [2.24, 2.45) is 10.9 Å². The number of guanidine groups is 1. The fourth-order valence-electron chi connectivity index (χ4n) is 1.80. The van der Waals surface area contributed by atoms with Crippen molar-refractivity contribution in [2.75, 3.05) is 20.1 Å². The third-order valence-electron chi connectivity index (χ3n) is 3.07. The summed E-state index contributed by atoms with van der Waals surface area (Å²) >= 11 is 5.95. The second kappa shape index (κ2) is 8.64. The molecule has 0 heterocycles. The lowest BCUT2D eigenvalue weighted by Crippen LogP contribution is -2.39. The van der Waals surface area contributed by atoms with Gasteiger partial charge in [-0.05, 0) is 42.9 Å². The molecular formula is C14H21ClIN3. The van der Waals surface area contributed by atoms with E-state index in [0.717, 1.165) is 36.4 Å². The van der Waals surface area contributed by atoms with Crippen LogP contribution in [0.2, 0.25) is 5.02 Å². The lowest BCUT2D eigenvalue weighted by atomic mass is 10.1. The number of nitrogens with zero attached hydrogens (tertiary/aromatic N) is 1. The maximum Gasteiger partial charge on any atom is 0.190 e. The van der Waals surface area contributed by atoms with Crippen LogP contribution in [0.1, 0.15) is 18.4 Å². The number of rotatable bonds is 5. The molecule has 2 rings (SSSR count). The summed E-state index contributed by atoms with van der Waals surface area (Å²) in [5.41, 5.74) is 1.24. The highest BCUT2D eigenvalue weighted by atomic mass is 127. The molecule has 3 nitrogen and oxygen atoms in total. The maximum atomic E-state index is 5.95. The predicted octanol–water partition coefficient (Wildman–Crippen LogP) is 3.08. The van der Waals surface area contributed by atoms with Crippen LogP contribution in [0.15, 0.2) is 29.3 Å². The second-order valence-corrected chi connectivity index (χ2v) is 5.14. The Morgan fingerprint density at radius 1 is 1.37 bits per heavy atom. The van der Waals surface area contributed by atoms with E-state index in [1.54, 1.807) is 0 Å². The molecule has 0 spiro atoms. The molecule has 1 aromatic carbocycles. The van der Waals surface area contributed by atoms with Crippen molar-refractivity contribution in [2.45, 2.75) is 19.3 Å². The molecule has 1 aromatic rings. The minimum absolute atomic E-state index is 0. The van der Waals surface area contributed by atoms with Crippen molar-refractivity contribution in [1.82, 2.24) is 10.6 Å². The quantitative estimate of drug-likeness (QED) is 0.458. The largest absolute Gasteiger partial charge is 0.356 e. The summed E-state index contributed by atoms with van der Waals surface area (Å²) in [4.78, 5) is 4.20. The van der Waals surface area contributed by atoms with E-state index in [0.29, 0.717) is 0 Å². The van der Waals surface area contributed by atoms with Gasteiger partial charge >= 0.3 is 0 Å². The molecule has 19 heavy (non-hydrogen) atoms. The van der Waals surface area contributed by atoms with Crippen molar-refractivity contribution >= 4 is 41.5 Å². The molecule has 0 unspecified atom stereocenters. The normalized spacial score (nSPS) is 14.7. The molecule has 0 amide bonds. The fourth-order valence-corrected chi connectivity index (χ4v) is 2.01. The van der Waals surface area contributed by atoms with Crippen molar-refractivity contribution < 1.29 is 0 Å². The Bertz CT molecular complexity index is 419. The van der Waals surface area contributed by atoms with Gasteiger partial charge in [-0.25, -0.2) is 0 Å². The zero-order chi connectivity index (χ0) is 12.8. The van der Waals surface area contributed by atoms with Gasteiger partial charge in [-0.3, -0.25) is 4.99 Å². The van der Waals surface area contributed by atoms with E-state index in [9.17, 15) is 0 Å². The SMILES string of the molecule is CN=C(NCCc1cccc(Cl)c1)NCC1CC1.I. The van der Waals surface area contributed by atoms with Gasteiger partial charge in [-0.2, -0.15) is 0 Å². The van der Waals surface area contributed by atoms with E-state index in [1.807, 2.05) is 25.2 Å². The number of halogens is 2. The molecule has 1 aliphatic carbocycles. The first kappa shape index (κ1) is 16.6. The fraction of sp³-hybridized carbons (Fsp3) is 0.500. The van der Waals surface area contributed by atoms with Gasteiger partial charge in [-0.15, -0.1) is 24.0 Å². The van der Waals surface area contributed by atoms with Gasteiger partial charge < -0.3 is 10.6 Å². The molecule has 0 saturated heterocycles. The van der Waals surface area contributed by atoms with E-state index in [4.69, 9.17) is 11.6 Å². The van der Waals surface area contributed by atoms with Crippen LogP contribution in [0.3, 0.4) is 0 Å². The minimum atomic E-state index is 0. The summed E-state index contributed by atoms with van der Waals surface area (Å²) in [6, 6.07) is 7.98. The first-order chi connectivity index (χ1) is 8.78. The highest BCUT2D eigenvalue weighted by Gasteiger charge is 2.20. The van der Waals surface area contributed by atoms with Gasteiger partial charge in [0.05, 0.1) is 0 Å². The first-order valence-electron chi connectivity index (χ1n) is 6.47. The van der Waals surface area contributed by atoms with Crippen molar-refractivity contribution in [1.29, 1.82) is 0 Å². The highest BCUT2D eigenvalue weighted by Crippen LogP contribution is 2.27. The minimum Gasteiger partial charge on any atom is -0.356 e. The molecule has 0 aliphatic heterocycles. The summed E-state index contributed by atoms with van der Waals surface area (Å²) in [7, 11) is 1.81. The van der Waals surface area contributed by atoms with Crippen LogP contribution in [0, 0.1) is 5.92 Å². The van der Waals surface area contributed by atoms with Crippen LogP contribution in [0.4, 0.5) is 0 Å². The molecule has 1 saturated carbocycles. The molecule has 2 N–H and O–H groups in total. The van der Waals surface area contributed by atoms with Crippen molar-refractivity contribution in [3.8, 4) is 0 Å². The van der Waals surface area contributed by atoms with E-state index < -0.39 is 0 Å². The summed E-state index contributed by atoms with van der Waals surface area (Å²) < 4.78 is 0. The first-order valence-corrected chi connectivity index (χ1v) is 6.84. The molecule has 1 fully saturated rings. The van der Waals surface area contributed by atoms with Gasteiger partial charge in [0.2, 0.25) is 0 Å². The number of hydrogen-bond acceptors (Lipinski definition) is 1. The van der Waals surface area contributed by atoms with E-state index in [1.165, 1.54) is 18.4 Å². The van der Waals surface area contributed by atoms with Crippen LogP contribution in [0.5, 0.6) is 0 Å². The Labute approximate surface area is 137 Å². The van der Waals surface area contributed by atoms with Gasteiger partial charge in [0.15, 0.2) is 5.96 Å². The van der Waals surface area contributed by atoms with Gasteiger partial charge in [-0.1, -0.05) is 23.7 Å². The molecule has 106 valence electrons. The van der Waals surface area contributed by atoms with E-state index >= 15 is 0 Å². The Balaban J connectivity index is 0.00000180. The number of hydrogen-bond donors (Lipinski definition) is 2.